The maximum atomic E-state index is 12.0. The SMILES string of the molecule is Cc1nc(C(=O)N[C@H]2CCCC[C@@H]2O)ccc1C#N. The van der Waals surface area contributed by atoms with Crippen LogP contribution in [0.4, 0.5) is 0 Å². The number of aryl methyl sites for hydroxylation is 1. The molecule has 0 unspecified atom stereocenters. The van der Waals surface area contributed by atoms with E-state index in [0.29, 0.717) is 11.3 Å². The number of amides is 1. The van der Waals surface area contributed by atoms with Crippen LogP contribution in [-0.2, 0) is 0 Å². The minimum atomic E-state index is -0.475. The van der Waals surface area contributed by atoms with Crippen molar-refractivity contribution in [3.8, 4) is 6.07 Å². The topological polar surface area (TPSA) is 86.0 Å². The Morgan fingerprint density at radius 2 is 2.21 bits per heavy atom. The Morgan fingerprint density at radius 3 is 2.84 bits per heavy atom. The Bertz CT molecular complexity index is 522. The number of carbonyl (C=O) groups excluding carboxylic acids is 1. The standard InChI is InChI=1S/C14H17N3O2/c1-9-10(8-15)6-7-12(16-9)14(19)17-11-4-2-3-5-13(11)18/h6-7,11,13,18H,2-5H2,1H3,(H,17,19)/t11-,13-/m0/s1. The minimum Gasteiger partial charge on any atom is -0.391 e. The van der Waals surface area contributed by atoms with E-state index in [1.807, 2.05) is 6.07 Å². The summed E-state index contributed by atoms with van der Waals surface area (Å²) in [6.07, 6.45) is 3.06. The van der Waals surface area contributed by atoms with Crippen molar-refractivity contribution in [1.82, 2.24) is 10.3 Å². The summed E-state index contributed by atoms with van der Waals surface area (Å²) in [5, 5.41) is 21.5. The second-order valence-electron chi connectivity index (χ2n) is 4.87. The average Bonchev–Trinajstić information content (AvgIpc) is 2.41. The van der Waals surface area contributed by atoms with Gasteiger partial charge in [-0.1, -0.05) is 12.8 Å². The monoisotopic (exact) mass is 259 g/mol. The number of nitriles is 1. The maximum absolute atomic E-state index is 12.0. The summed E-state index contributed by atoms with van der Waals surface area (Å²) in [5.41, 5.74) is 1.29. The number of rotatable bonds is 2. The van der Waals surface area contributed by atoms with Gasteiger partial charge in [-0.3, -0.25) is 4.79 Å². The first-order valence-electron chi connectivity index (χ1n) is 6.48. The fourth-order valence-corrected chi connectivity index (χ4v) is 2.33. The van der Waals surface area contributed by atoms with Crippen LogP contribution in [0.5, 0.6) is 0 Å². The molecule has 0 radical (unpaired) electrons. The lowest BCUT2D eigenvalue weighted by Gasteiger charge is -2.28. The largest absolute Gasteiger partial charge is 0.391 e. The van der Waals surface area contributed by atoms with Crippen molar-refractivity contribution in [3.63, 3.8) is 0 Å². The van der Waals surface area contributed by atoms with E-state index in [-0.39, 0.29) is 17.6 Å². The Morgan fingerprint density at radius 1 is 1.47 bits per heavy atom. The molecule has 2 atom stereocenters. The molecule has 0 aromatic carbocycles. The summed E-state index contributed by atoms with van der Waals surface area (Å²) in [5.74, 6) is -0.293. The molecule has 0 spiro atoms. The second-order valence-corrected chi connectivity index (χ2v) is 4.87. The highest BCUT2D eigenvalue weighted by molar-refractivity contribution is 5.92. The zero-order valence-electron chi connectivity index (χ0n) is 10.9. The molecule has 2 rings (SSSR count). The summed E-state index contributed by atoms with van der Waals surface area (Å²) in [7, 11) is 0. The highest BCUT2D eigenvalue weighted by Gasteiger charge is 2.25. The number of nitrogens with zero attached hydrogens (tertiary/aromatic N) is 2. The minimum absolute atomic E-state index is 0.195. The van der Waals surface area contributed by atoms with Gasteiger partial charge < -0.3 is 10.4 Å². The zero-order valence-corrected chi connectivity index (χ0v) is 10.9. The van der Waals surface area contributed by atoms with E-state index >= 15 is 0 Å². The Kier molecular flexibility index (Phi) is 4.13. The molecule has 0 aliphatic heterocycles. The van der Waals surface area contributed by atoms with Gasteiger partial charge in [0.05, 0.1) is 23.4 Å². The lowest BCUT2D eigenvalue weighted by molar-refractivity contribution is 0.0713. The van der Waals surface area contributed by atoms with Gasteiger partial charge in [0, 0.05) is 0 Å². The predicted molar refractivity (Wildman–Crippen MR) is 69.4 cm³/mol. The quantitative estimate of drug-likeness (QED) is 0.838. The van der Waals surface area contributed by atoms with E-state index in [0.717, 1.165) is 25.7 Å². The number of nitrogens with one attached hydrogen (secondary N) is 1. The number of pyridine rings is 1. The molecule has 19 heavy (non-hydrogen) atoms. The van der Waals surface area contributed by atoms with Gasteiger partial charge >= 0.3 is 0 Å². The van der Waals surface area contributed by atoms with Crippen LogP contribution >= 0.6 is 0 Å². The first kappa shape index (κ1) is 13.5. The van der Waals surface area contributed by atoms with Gasteiger partial charge in [-0.25, -0.2) is 4.98 Å². The second kappa shape index (κ2) is 5.81. The molecule has 1 aliphatic rings. The van der Waals surface area contributed by atoms with Gasteiger partial charge in [0.2, 0.25) is 0 Å². The number of aliphatic hydroxyl groups is 1. The number of aromatic nitrogens is 1. The molecule has 1 fully saturated rings. The number of aliphatic hydroxyl groups excluding tert-OH is 1. The van der Waals surface area contributed by atoms with E-state index in [2.05, 4.69) is 10.3 Å². The fraction of sp³-hybridized carbons (Fsp3) is 0.500. The van der Waals surface area contributed by atoms with Crippen LogP contribution < -0.4 is 5.32 Å². The summed E-state index contributed by atoms with van der Waals surface area (Å²) in [6.45, 7) is 1.70. The first-order valence-corrected chi connectivity index (χ1v) is 6.48. The number of hydrogen-bond donors (Lipinski definition) is 2. The molecule has 1 aromatic rings. The van der Waals surface area contributed by atoms with Gasteiger partial charge in [0.15, 0.2) is 0 Å². The molecule has 5 nitrogen and oxygen atoms in total. The smallest absolute Gasteiger partial charge is 0.270 e. The first-order chi connectivity index (χ1) is 9.11. The van der Waals surface area contributed by atoms with E-state index in [1.165, 1.54) is 6.07 Å². The van der Waals surface area contributed by atoms with Crippen molar-refractivity contribution >= 4 is 5.91 Å². The molecule has 100 valence electrons. The van der Waals surface area contributed by atoms with Crippen LogP contribution in [0, 0.1) is 18.3 Å². The van der Waals surface area contributed by atoms with Crippen LogP contribution in [0.1, 0.15) is 47.4 Å². The Hall–Kier alpha value is -1.93. The molecule has 0 saturated heterocycles. The molecule has 5 heteroatoms. The van der Waals surface area contributed by atoms with Crippen molar-refractivity contribution in [2.75, 3.05) is 0 Å². The van der Waals surface area contributed by atoms with Gasteiger partial charge in [0.1, 0.15) is 11.8 Å². The molecule has 2 N–H and O–H groups in total. The average molecular weight is 259 g/mol. The number of carbonyl (C=O) groups is 1. The summed E-state index contributed by atoms with van der Waals surface area (Å²) < 4.78 is 0. The number of hydrogen-bond acceptors (Lipinski definition) is 4. The summed E-state index contributed by atoms with van der Waals surface area (Å²) >= 11 is 0. The van der Waals surface area contributed by atoms with Crippen LogP contribution in [0.25, 0.3) is 0 Å². The van der Waals surface area contributed by atoms with E-state index in [1.54, 1.807) is 13.0 Å². The van der Waals surface area contributed by atoms with Gasteiger partial charge in [-0.15, -0.1) is 0 Å². The highest BCUT2D eigenvalue weighted by atomic mass is 16.3. The van der Waals surface area contributed by atoms with Gasteiger partial charge in [-0.05, 0) is 31.9 Å². The van der Waals surface area contributed by atoms with E-state index < -0.39 is 6.10 Å². The lowest BCUT2D eigenvalue weighted by Crippen LogP contribution is -2.45. The van der Waals surface area contributed by atoms with Crippen LogP contribution in [0.15, 0.2) is 12.1 Å². The molecule has 1 saturated carbocycles. The molecule has 1 aromatic heterocycles. The van der Waals surface area contributed by atoms with Crippen molar-refractivity contribution in [1.29, 1.82) is 5.26 Å². The maximum Gasteiger partial charge on any atom is 0.270 e. The van der Waals surface area contributed by atoms with Crippen LogP contribution in [0.3, 0.4) is 0 Å². The van der Waals surface area contributed by atoms with E-state index in [9.17, 15) is 9.90 Å². The zero-order chi connectivity index (χ0) is 13.8. The lowest BCUT2D eigenvalue weighted by atomic mass is 9.92. The van der Waals surface area contributed by atoms with Crippen molar-refractivity contribution in [2.45, 2.75) is 44.8 Å². The van der Waals surface area contributed by atoms with Crippen molar-refractivity contribution < 1.29 is 9.90 Å². The third kappa shape index (κ3) is 3.09. The molecule has 0 bridgehead atoms. The van der Waals surface area contributed by atoms with Gasteiger partial charge in [-0.2, -0.15) is 5.26 Å². The third-order valence-corrected chi connectivity index (χ3v) is 3.48. The molecule has 1 aliphatic carbocycles. The van der Waals surface area contributed by atoms with E-state index in [4.69, 9.17) is 5.26 Å². The van der Waals surface area contributed by atoms with Gasteiger partial charge in [0.25, 0.3) is 5.91 Å². The fourth-order valence-electron chi connectivity index (χ4n) is 2.33. The highest BCUT2D eigenvalue weighted by Crippen LogP contribution is 2.18. The predicted octanol–water partition coefficient (Wildman–Crippen LogP) is 1.29. The molecule has 1 heterocycles. The third-order valence-electron chi connectivity index (χ3n) is 3.48. The molecule has 1 amide bonds. The normalized spacial score (nSPS) is 22.6. The van der Waals surface area contributed by atoms with Crippen molar-refractivity contribution in [2.24, 2.45) is 0 Å². The van der Waals surface area contributed by atoms with Crippen molar-refractivity contribution in [3.05, 3.63) is 29.1 Å². The summed E-state index contributed by atoms with van der Waals surface area (Å²) in [4.78, 5) is 16.2. The Balaban J connectivity index is 2.07. The molecular formula is C14H17N3O2. The van der Waals surface area contributed by atoms with Crippen LogP contribution in [0.2, 0.25) is 0 Å². The Labute approximate surface area is 112 Å². The van der Waals surface area contributed by atoms with Crippen LogP contribution in [-0.4, -0.2) is 28.1 Å². The molecular weight excluding hydrogens is 242 g/mol. The summed E-state index contributed by atoms with van der Waals surface area (Å²) in [6, 6.07) is 4.95.